The van der Waals surface area contributed by atoms with Crippen LogP contribution in [0.15, 0.2) is 42.5 Å². The highest BCUT2D eigenvalue weighted by molar-refractivity contribution is 5.91. The maximum absolute atomic E-state index is 13.6. The zero-order chi connectivity index (χ0) is 17.1. The fraction of sp³-hybridized carbons (Fsp3) is 0.167. The second kappa shape index (κ2) is 6.78. The van der Waals surface area contributed by atoms with E-state index >= 15 is 0 Å². The third-order valence-electron chi connectivity index (χ3n) is 3.68. The van der Waals surface area contributed by atoms with Crippen molar-refractivity contribution in [2.75, 3.05) is 13.2 Å². The molecule has 0 saturated heterocycles. The number of carbonyl (C=O) groups excluding carboxylic acids is 1. The summed E-state index contributed by atoms with van der Waals surface area (Å²) in [6, 6.07) is 7.15. The first-order valence-corrected chi connectivity index (χ1v) is 7.36. The van der Waals surface area contributed by atoms with Gasteiger partial charge in [0.05, 0.1) is 6.54 Å². The third kappa shape index (κ3) is 3.59. The summed E-state index contributed by atoms with van der Waals surface area (Å²) < 4.78 is 45.5. The molecule has 124 valence electrons. The highest BCUT2D eigenvalue weighted by atomic mass is 19.1. The van der Waals surface area contributed by atoms with Crippen LogP contribution in [0.4, 0.5) is 13.2 Å². The highest BCUT2D eigenvalue weighted by Gasteiger charge is 2.18. The minimum absolute atomic E-state index is 0.0131. The van der Waals surface area contributed by atoms with Gasteiger partial charge in [-0.1, -0.05) is 0 Å². The van der Waals surface area contributed by atoms with Gasteiger partial charge in [-0.3, -0.25) is 4.79 Å². The zero-order valence-corrected chi connectivity index (χ0v) is 12.6. The molecular formula is C18H14F3NO2. The van der Waals surface area contributed by atoms with Crippen molar-refractivity contribution < 1.29 is 22.7 Å². The van der Waals surface area contributed by atoms with Crippen LogP contribution >= 0.6 is 0 Å². The largest absolute Gasteiger partial charge is 0.491 e. The molecule has 0 spiro atoms. The van der Waals surface area contributed by atoms with Gasteiger partial charge in [0.15, 0.2) is 0 Å². The summed E-state index contributed by atoms with van der Waals surface area (Å²) in [7, 11) is 0. The highest BCUT2D eigenvalue weighted by Crippen LogP contribution is 2.24. The van der Waals surface area contributed by atoms with Gasteiger partial charge in [0, 0.05) is 23.7 Å². The maximum atomic E-state index is 13.6. The number of fused-ring (bicyclic) bond motifs is 1. The Morgan fingerprint density at radius 1 is 1.08 bits per heavy atom. The summed E-state index contributed by atoms with van der Waals surface area (Å²) in [6.07, 6.45) is 2.39. The normalized spacial score (nSPS) is 14.2. The van der Waals surface area contributed by atoms with E-state index in [2.05, 4.69) is 0 Å². The second-order valence-corrected chi connectivity index (χ2v) is 5.36. The molecular weight excluding hydrogens is 319 g/mol. The quantitative estimate of drug-likeness (QED) is 0.787. The summed E-state index contributed by atoms with van der Waals surface area (Å²) in [4.78, 5) is 13.7. The minimum atomic E-state index is -0.618. The van der Waals surface area contributed by atoms with Crippen molar-refractivity contribution in [1.82, 2.24) is 4.90 Å². The maximum Gasteiger partial charge on any atom is 0.246 e. The number of rotatable bonds is 2. The van der Waals surface area contributed by atoms with Crippen molar-refractivity contribution in [3.8, 4) is 5.75 Å². The molecule has 1 aliphatic rings. The van der Waals surface area contributed by atoms with Crippen LogP contribution in [0.25, 0.3) is 6.08 Å². The number of nitrogens with zero attached hydrogens (tertiary/aromatic N) is 1. The molecule has 24 heavy (non-hydrogen) atoms. The Morgan fingerprint density at radius 2 is 1.83 bits per heavy atom. The van der Waals surface area contributed by atoms with Gasteiger partial charge in [0.2, 0.25) is 5.91 Å². The lowest BCUT2D eigenvalue weighted by atomic mass is 10.1. The molecule has 1 amide bonds. The summed E-state index contributed by atoms with van der Waals surface area (Å²) >= 11 is 0. The molecule has 0 aliphatic carbocycles. The molecule has 6 heteroatoms. The molecule has 0 N–H and O–H groups in total. The fourth-order valence-corrected chi connectivity index (χ4v) is 2.46. The van der Waals surface area contributed by atoms with Crippen LogP contribution in [-0.2, 0) is 11.3 Å². The van der Waals surface area contributed by atoms with E-state index in [-0.39, 0.29) is 24.6 Å². The van der Waals surface area contributed by atoms with Crippen molar-refractivity contribution >= 4 is 12.0 Å². The molecule has 0 unspecified atom stereocenters. The monoisotopic (exact) mass is 333 g/mol. The summed E-state index contributed by atoms with van der Waals surface area (Å²) in [5, 5.41) is 0. The Hall–Kier alpha value is -2.76. The Kier molecular flexibility index (Phi) is 4.55. The van der Waals surface area contributed by atoms with Gasteiger partial charge in [0.1, 0.15) is 29.8 Å². The number of halogens is 3. The van der Waals surface area contributed by atoms with E-state index in [0.29, 0.717) is 17.9 Å². The van der Waals surface area contributed by atoms with E-state index in [9.17, 15) is 18.0 Å². The van der Waals surface area contributed by atoms with Crippen molar-refractivity contribution in [2.45, 2.75) is 6.54 Å². The average Bonchev–Trinajstić information content (AvgIpc) is 2.77. The molecule has 2 aromatic carbocycles. The Balaban J connectivity index is 1.77. The van der Waals surface area contributed by atoms with Crippen LogP contribution in [0.1, 0.15) is 11.1 Å². The van der Waals surface area contributed by atoms with Crippen molar-refractivity contribution in [3.05, 3.63) is 71.1 Å². The Bertz CT molecular complexity index is 805. The minimum Gasteiger partial charge on any atom is -0.491 e. The predicted octanol–water partition coefficient (Wildman–Crippen LogP) is 3.54. The van der Waals surface area contributed by atoms with Gasteiger partial charge < -0.3 is 9.64 Å². The standard InChI is InChI=1S/C18H14F3NO2/c19-14-2-4-16(21)12(9-14)1-6-18(23)22-7-8-24-17-5-3-15(20)10-13(17)11-22/h1-6,9-10H,7-8,11H2. The summed E-state index contributed by atoms with van der Waals surface area (Å²) in [6.45, 7) is 0.763. The number of hydrogen-bond donors (Lipinski definition) is 0. The molecule has 0 atom stereocenters. The van der Waals surface area contributed by atoms with Gasteiger partial charge >= 0.3 is 0 Å². The summed E-state index contributed by atoms with van der Waals surface area (Å²) in [5.41, 5.74) is 0.548. The molecule has 3 nitrogen and oxygen atoms in total. The number of amides is 1. The van der Waals surface area contributed by atoms with Crippen molar-refractivity contribution in [3.63, 3.8) is 0 Å². The van der Waals surface area contributed by atoms with Gasteiger partial charge in [-0.25, -0.2) is 13.2 Å². The molecule has 0 saturated carbocycles. The predicted molar refractivity (Wildman–Crippen MR) is 82.7 cm³/mol. The fourth-order valence-electron chi connectivity index (χ4n) is 2.46. The van der Waals surface area contributed by atoms with Crippen LogP contribution in [0.2, 0.25) is 0 Å². The number of carbonyl (C=O) groups is 1. The van der Waals surface area contributed by atoms with Crippen molar-refractivity contribution in [1.29, 1.82) is 0 Å². The zero-order valence-electron chi connectivity index (χ0n) is 12.6. The second-order valence-electron chi connectivity index (χ2n) is 5.36. The molecule has 3 rings (SSSR count). The topological polar surface area (TPSA) is 29.5 Å². The van der Waals surface area contributed by atoms with E-state index in [4.69, 9.17) is 4.74 Å². The van der Waals surface area contributed by atoms with Gasteiger partial charge in [-0.15, -0.1) is 0 Å². The Labute approximate surface area is 137 Å². The SMILES string of the molecule is O=C(C=Cc1cc(F)ccc1F)N1CCOc2ccc(F)cc2C1. The summed E-state index contributed by atoms with van der Waals surface area (Å²) in [5.74, 6) is -1.47. The molecule has 1 aliphatic heterocycles. The lowest BCUT2D eigenvalue weighted by Crippen LogP contribution is -2.31. The van der Waals surface area contributed by atoms with Gasteiger partial charge in [0.25, 0.3) is 0 Å². The van der Waals surface area contributed by atoms with E-state index < -0.39 is 17.5 Å². The Morgan fingerprint density at radius 3 is 2.67 bits per heavy atom. The van der Waals surface area contributed by atoms with Crippen LogP contribution in [-0.4, -0.2) is 24.0 Å². The van der Waals surface area contributed by atoms with Crippen LogP contribution < -0.4 is 4.74 Å². The molecule has 0 bridgehead atoms. The number of hydrogen-bond acceptors (Lipinski definition) is 2. The van der Waals surface area contributed by atoms with E-state index in [1.807, 2.05) is 0 Å². The van der Waals surface area contributed by atoms with Crippen LogP contribution in [0, 0.1) is 17.5 Å². The average molecular weight is 333 g/mol. The smallest absolute Gasteiger partial charge is 0.246 e. The first-order chi connectivity index (χ1) is 11.5. The first kappa shape index (κ1) is 16.1. The lowest BCUT2D eigenvalue weighted by molar-refractivity contribution is -0.126. The van der Waals surface area contributed by atoms with E-state index in [1.165, 1.54) is 35.3 Å². The van der Waals surface area contributed by atoms with Crippen molar-refractivity contribution in [2.24, 2.45) is 0 Å². The van der Waals surface area contributed by atoms with E-state index in [1.54, 1.807) is 0 Å². The molecule has 0 fully saturated rings. The lowest BCUT2D eigenvalue weighted by Gasteiger charge is -2.17. The number of benzene rings is 2. The third-order valence-corrected chi connectivity index (χ3v) is 3.68. The molecule has 0 radical (unpaired) electrons. The van der Waals surface area contributed by atoms with E-state index in [0.717, 1.165) is 18.2 Å². The van der Waals surface area contributed by atoms with Crippen LogP contribution in [0.3, 0.4) is 0 Å². The van der Waals surface area contributed by atoms with Gasteiger partial charge in [-0.05, 0) is 42.5 Å². The van der Waals surface area contributed by atoms with Crippen LogP contribution in [0.5, 0.6) is 5.75 Å². The molecule has 1 heterocycles. The molecule has 0 aromatic heterocycles. The number of ether oxygens (including phenoxy) is 1. The first-order valence-electron chi connectivity index (χ1n) is 7.36. The van der Waals surface area contributed by atoms with Gasteiger partial charge in [-0.2, -0.15) is 0 Å². The molecule has 2 aromatic rings.